The van der Waals surface area contributed by atoms with Crippen molar-refractivity contribution in [3.63, 3.8) is 0 Å². The van der Waals surface area contributed by atoms with Gasteiger partial charge in [-0.15, -0.1) is 11.3 Å². The lowest BCUT2D eigenvalue weighted by Gasteiger charge is -2.11. The van der Waals surface area contributed by atoms with E-state index in [0.717, 1.165) is 0 Å². The summed E-state index contributed by atoms with van der Waals surface area (Å²) in [5.74, 6) is -0.421. The van der Waals surface area contributed by atoms with Gasteiger partial charge in [-0.05, 0) is 17.0 Å². The summed E-state index contributed by atoms with van der Waals surface area (Å²) in [4.78, 5) is 11.4. The average Bonchev–Trinajstić information content (AvgIpc) is 3.17. The van der Waals surface area contributed by atoms with Gasteiger partial charge in [0, 0.05) is 16.3 Å². The van der Waals surface area contributed by atoms with E-state index in [0.29, 0.717) is 22.5 Å². The molecule has 1 amide bonds. The number of hydrogen-bond donors (Lipinski definition) is 1. The lowest BCUT2D eigenvalue weighted by molar-refractivity contribution is -0.133. The zero-order valence-corrected chi connectivity index (χ0v) is 13.2. The number of hydrogen-bond acceptors (Lipinski definition) is 3. The number of anilines is 1. The molecule has 3 rings (SSSR count). The second-order valence-corrected chi connectivity index (χ2v) is 6.34. The van der Waals surface area contributed by atoms with Crippen molar-refractivity contribution in [1.29, 1.82) is 0 Å². The van der Waals surface area contributed by atoms with Gasteiger partial charge in [0.25, 0.3) is 5.91 Å². The third-order valence-electron chi connectivity index (χ3n) is 3.14. The number of nitrogens with one attached hydrogen (secondary N) is 1. The lowest BCUT2D eigenvalue weighted by Crippen LogP contribution is -2.12. The summed E-state index contributed by atoms with van der Waals surface area (Å²) >= 11 is 1.93. The van der Waals surface area contributed by atoms with E-state index in [-0.39, 0.29) is 11.3 Å². The van der Waals surface area contributed by atoms with Crippen LogP contribution >= 0.6 is 22.7 Å². The molecule has 2 aromatic heterocycles. The molecule has 0 bridgehead atoms. The molecule has 0 atom stereocenters. The van der Waals surface area contributed by atoms with Gasteiger partial charge in [-0.25, -0.2) is 0 Å². The molecule has 3 aromatic rings. The standard InChI is InChI=1S/C16H10F3NOS2/c17-16(18,19)14-13(10-4-2-1-3-5-10)12(9-23-14)20-15(21)11-6-7-22-8-11/h1-9H,(H,20,21). The molecule has 1 N–H and O–H groups in total. The molecule has 0 radical (unpaired) electrons. The van der Waals surface area contributed by atoms with Gasteiger partial charge in [0.2, 0.25) is 0 Å². The molecule has 23 heavy (non-hydrogen) atoms. The maximum absolute atomic E-state index is 13.3. The summed E-state index contributed by atoms with van der Waals surface area (Å²) in [5.41, 5.74) is 1.02. The first-order valence-corrected chi connectivity index (χ1v) is 8.36. The number of rotatable bonds is 3. The third kappa shape index (κ3) is 3.30. The van der Waals surface area contributed by atoms with E-state index in [1.165, 1.54) is 16.7 Å². The zero-order chi connectivity index (χ0) is 16.4. The Morgan fingerprint density at radius 3 is 2.39 bits per heavy atom. The summed E-state index contributed by atoms with van der Waals surface area (Å²) in [7, 11) is 0. The minimum atomic E-state index is -4.47. The Bertz CT molecular complexity index is 808. The van der Waals surface area contributed by atoms with Crippen molar-refractivity contribution in [1.82, 2.24) is 0 Å². The minimum Gasteiger partial charge on any atom is -0.321 e. The molecule has 2 nitrogen and oxygen atoms in total. The van der Waals surface area contributed by atoms with Crippen LogP contribution in [0.5, 0.6) is 0 Å². The number of carbonyl (C=O) groups is 1. The number of alkyl halides is 3. The van der Waals surface area contributed by atoms with Crippen LogP contribution in [0.15, 0.2) is 52.5 Å². The number of thiophene rings is 2. The predicted molar refractivity (Wildman–Crippen MR) is 87.0 cm³/mol. The summed E-state index contributed by atoms with van der Waals surface area (Å²) in [6, 6.07) is 9.87. The van der Waals surface area contributed by atoms with Crippen LogP contribution in [0.4, 0.5) is 18.9 Å². The second kappa shape index (κ2) is 6.17. The van der Waals surface area contributed by atoms with Gasteiger partial charge < -0.3 is 5.32 Å². The first-order chi connectivity index (χ1) is 11.0. The second-order valence-electron chi connectivity index (χ2n) is 4.68. The van der Waals surface area contributed by atoms with Crippen molar-refractivity contribution >= 4 is 34.3 Å². The van der Waals surface area contributed by atoms with E-state index in [4.69, 9.17) is 0 Å². The molecule has 0 saturated carbocycles. The van der Waals surface area contributed by atoms with Crippen molar-refractivity contribution < 1.29 is 18.0 Å². The highest BCUT2D eigenvalue weighted by Crippen LogP contribution is 2.45. The van der Waals surface area contributed by atoms with Crippen LogP contribution in [0.25, 0.3) is 11.1 Å². The molecule has 118 valence electrons. The average molecular weight is 353 g/mol. The van der Waals surface area contributed by atoms with Crippen molar-refractivity contribution in [2.75, 3.05) is 5.32 Å². The highest BCUT2D eigenvalue weighted by Gasteiger charge is 2.37. The Morgan fingerprint density at radius 2 is 1.78 bits per heavy atom. The van der Waals surface area contributed by atoms with Crippen LogP contribution in [-0.4, -0.2) is 5.91 Å². The predicted octanol–water partition coefficient (Wildman–Crippen LogP) is 5.75. The largest absolute Gasteiger partial charge is 0.426 e. The van der Waals surface area contributed by atoms with Crippen LogP contribution in [0, 0.1) is 0 Å². The molecule has 7 heteroatoms. The molecule has 0 aliphatic rings. The fourth-order valence-electron chi connectivity index (χ4n) is 2.14. The lowest BCUT2D eigenvalue weighted by atomic mass is 10.0. The Morgan fingerprint density at radius 1 is 1.04 bits per heavy atom. The van der Waals surface area contributed by atoms with Crippen LogP contribution in [-0.2, 0) is 6.18 Å². The van der Waals surface area contributed by atoms with E-state index in [9.17, 15) is 18.0 Å². The normalized spacial score (nSPS) is 11.4. The minimum absolute atomic E-state index is 0.00618. The number of benzene rings is 1. The van der Waals surface area contributed by atoms with E-state index in [1.807, 2.05) is 0 Å². The molecule has 0 aliphatic heterocycles. The fourth-order valence-corrected chi connectivity index (χ4v) is 3.67. The van der Waals surface area contributed by atoms with Crippen molar-refractivity contribution in [3.05, 3.63) is 63.0 Å². The Labute approximate surface area is 138 Å². The van der Waals surface area contributed by atoms with Gasteiger partial charge in [0.1, 0.15) is 4.88 Å². The van der Waals surface area contributed by atoms with Gasteiger partial charge in [-0.2, -0.15) is 24.5 Å². The van der Waals surface area contributed by atoms with Crippen molar-refractivity contribution in [3.8, 4) is 11.1 Å². The first-order valence-electron chi connectivity index (χ1n) is 6.54. The summed E-state index contributed by atoms with van der Waals surface area (Å²) in [6.07, 6.45) is -4.47. The first kappa shape index (κ1) is 15.8. The maximum atomic E-state index is 13.3. The molecule has 0 saturated heterocycles. The van der Waals surface area contributed by atoms with E-state index < -0.39 is 17.0 Å². The van der Waals surface area contributed by atoms with Gasteiger partial charge in [0.15, 0.2) is 0 Å². The zero-order valence-electron chi connectivity index (χ0n) is 11.6. The summed E-state index contributed by atoms with van der Waals surface area (Å²) in [6.45, 7) is 0. The molecule has 0 unspecified atom stereocenters. The number of halogens is 3. The van der Waals surface area contributed by atoms with E-state index in [2.05, 4.69) is 5.32 Å². The van der Waals surface area contributed by atoms with E-state index in [1.54, 1.807) is 47.2 Å². The Kier molecular flexibility index (Phi) is 4.23. The highest BCUT2D eigenvalue weighted by atomic mass is 32.1. The highest BCUT2D eigenvalue weighted by molar-refractivity contribution is 7.11. The third-order valence-corrected chi connectivity index (χ3v) is 4.85. The van der Waals surface area contributed by atoms with Gasteiger partial charge >= 0.3 is 6.18 Å². The van der Waals surface area contributed by atoms with Crippen LogP contribution in [0.2, 0.25) is 0 Å². The van der Waals surface area contributed by atoms with E-state index >= 15 is 0 Å². The SMILES string of the molecule is O=C(Nc1csc(C(F)(F)F)c1-c1ccccc1)c1ccsc1. The summed E-state index contributed by atoms with van der Waals surface area (Å²) in [5, 5.41) is 7.30. The van der Waals surface area contributed by atoms with Gasteiger partial charge in [-0.3, -0.25) is 4.79 Å². The Hall–Kier alpha value is -2.12. The van der Waals surface area contributed by atoms with Crippen molar-refractivity contribution in [2.45, 2.75) is 6.18 Å². The molecular formula is C16H10F3NOS2. The van der Waals surface area contributed by atoms with Crippen molar-refractivity contribution in [2.24, 2.45) is 0 Å². The topological polar surface area (TPSA) is 29.1 Å². The van der Waals surface area contributed by atoms with Gasteiger partial charge in [-0.1, -0.05) is 30.3 Å². The molecule has 1 aromatic carbocycles. The molecule has 0 aliphatic carbocycles. The number of carbonyl (C=O) groups excluding carboxylic acids is 1. The summed E-state index contributed by atoms with van der Waals surface area (Å²) < 4.78 is 39.8. The van der Waals surface area contributed by atoms with Crippen LogP contribution in [0.1, 0.15) is 15.2 Å². The van der Waals surface area contributed by atoms with Crippen LogP contribution in [0.3, 0.4) is 0 Å². The molecule has 2 heterocycles. The smallest absolute Gasteiger partial charge is 0.321 e. The van der Waals surface area contributed by atoms with Crippen LogP contribution < -0.4 is 5.32 Å². The fraction of sp³-hybridized carbons (Fsp3) is 0.0625. The van der Waals surface area contributed by atoms with Gasteiger partial charge in [0.05, 0.1) is 11.3 Å². The molecule has 0 fully saturated rings. The number of amides is 1. The molecule has 0 spiro atoms. The quantitative estimate of drug-likeness (QED) is 0.638. The molecular weight excluding hydrogens is 343 g/mol. The monoisotopic (exact) mass is 353 g/mol. The maximum Gasteiger partial charge on any atom is 0.426 e. The Balaban J connectivity index is 2.04.